The first-order valence-corrected chi connectivity index (χ1v) is 7.16. The van der Waals surface area contributed by atoms with Gasteiger partial charge in [-0.2, -0.15) is 0 Å². The Hall–Kier alpha value is -1.59. The summed E-state index contributed by atoms with van der Waals surface area (Å²) in [5.41, 5.74) is 0.701. The standard InChI is InChI=1S/C15H23N3O2/c1-2-9-17(11-12-19)15(20)14-4-3-10-18(14)13-5-7-16-8-6-13/h2-4,10,13,16,19H,1,5-9,11-12H2. The number of hydrogen-bond acceptors (Lipinski definition) is 3. The Balaban J connectivity index is 2.16. The molecule has 5 heteroatoms. The van der Waals surface area contributed by atoms with Gasteiger partial charge in [0.1, 0.15) is 5.69 Å². The van der Waals surface area contributed by atoms with Gasteiger partial charge in [-0.3, -0.25) is 4.79 Å². The second kappa shape index (κ2) is 7.26. The van der Waals surface area contributed by atoms with Crippen LogP contribution in [0, 0.1) is 0 Å². The average molecular weight is 277 g/mol. The molecule has 1 fully saturated rings. The second-order valence-electron chi connectivity index (χ2n) is 5.05. The first kappa shape index (κ1) is 14.8. The van der Waals surface area contributed by atoms with Gasteiger partial charge in [0.25, 0.3) is 5.91 Å². The van der Waals surface area contributed by atoms with Gasteiger partial charge < -0.3 is 19.9 Å². The highest BCUT2D eigenvalue weighted by molar-refractivity contribution is 5.93. The molecule has 1 aliphatic rings. The molecule has 110 valence electrons. The van der Waals surface area contributed by atoms with E-state index < -0.39 is 0 Å². The van der Waals surface area contributed by atoms with E-state index in [1.54, 1.807) is 11.0 Å². The fraction of sp³-hybridized carbons (Fsp3) is 0.533. The number of nitrogens with one attached hydrogen (secondary N) is 1. The number of aromatic nitrogens is 1. The van der Waals surface area contributed by atoms with Crippen molar-refractivity contribution in [1.29, 1.82) is 0 Å². The SMILES string of the molecule is C=CCN(CCO)C(=O)c1cccn1C1CCNCC1. The zero-order valence-electron chi connectivity index (χ0n) is 11.8. The molecule has 0 aromatic carbocycles. The highest BCUT2D eigenvalue weighted by Gasteiger charge is 2.22. The molecule has 1 aromatic rings. The Labute approximate surface area is 119 Å². The molecule has 0 saturated carbocycles. The third kappa shape index (κ3) is 3.29. The Bertz CT molecular complexity index is 450. The van der Waals surface area contributed by atoms with Crippen molar-refractivity contribution in [2.75, 3.05) is 32.8 Å². The summed E-state index contributed by atoms with van der Waals surface area (Å²) in [5.74, 6) is -0.0394. The number of hydrogen-bond donors (Lipinski definition) is 2. The predicted octanol–water partition coefficient (Wildman–Crippen LogP) is 1.03. The fourth-order valence-electron chi connectivity index (χ4n) is 2.69. The van der Waals surface area contributed by atoms with E-state index in [1.807, 2.05) is 18.3 Å². The molecule has 0 bridgehead atoms. The van der Waals surface area contributed by atoms with E-state index in [0.29, 0.717) is 24.8 Å². The zero-order valence-corrected chi connectivity index (χ0v) is 11.8. The molecule has 2 rings (SSSR count). The topological polar surface area (TPSA) is 57.5 Å². The van der Waals surface area contributed by atoms with Crippen LogP contribution in [0.2, 0.25) is 0 Å². The van der Waals surface area contributed by atoms with Gasteiger partial charge in [0.2, 0.25) is 0 Å². The van der Waals surface area contributed by atoms with Gasteiger partial charge in [-0.25, -0.2) is 0 Å². The lowest BCUT2D eigenvalue weighted by Crippen LogP contribution is -2.36. The number of aliphatic hydroxyl groups excluding tert-OH is 1. The Morgan fingerprint density at radius 2 is 2.30 bits per heavy atom. The summed E-state index contributed by atoms with van der Waals surface area (Å²) in [7, 11) is 0. The van der Waals surface area contributed by atoms with Crippen LogP contribution in [-0.4, -0.2) is 53.3 Å². The number of rotatable bonds is 6. The van der Waals surface area contributed by atoms with Gasteiger partial charge in [-0.05, 0) is 38.1 Å². The van der Waals surface area contributed by atoms with Crippen LogP contribution in [-0.2, 0) is 0 Å². The van der Waals surface area contributed by atoms with Crippen molar-refractivity contribution in [2.24, 2.45) is 0 Å². The maximum Gasteiger partial charge on any atom is 0.270 e. The van der Waals surface area contributed by atoms with Crippen LogP contribution in [0.3, 0.4) is 0 Å². The molecule has 2 heterocycles. The second-order valence-corrected chi connectivity index (χ2v) is 5.05. The van der Waals surface area contributed by atoms with Gasteiger partial charge in [-0.1, -0.05) is 6.08 Å². The van der Waals surface area contributed by atoms with Crippen LogP contribution < -0.4 is 5.32 Å². The molecule has 1 aliphatic heterocycles. The first-order valence-electron chi connectivity index (χ1n) is 7.16. The van der Waals surface area contributed by atoms with E-state index in [-0.39, 0.29) is 12.5 Å². The van der Waals surface area contributed by atoms with Crippen molar-refractivity contribution in [3.05, 3.63) is 36.7 Å². The lowest BCUT2D eigenvalue weighted by molar-refractivity contribution is 0.0728. The monoisotopic (exact) mass is 277 g/mol. The molecule has 0 atom stereocenters. The van der Waals surface area contributed by atoms with Crippen LogP contribution in [0.1, 0.15) is 29.4 Å². The molecule has 1 amide bonds. The van der Waals surface area contributed by atoms with Crippen LogP contribution in [0.15, 0.2) is 31.0 Å². The largest absolute Gasteiger partial charge is 0.395 e. The summed E-state index contributed by atoms with van der Waals surface area (Å²) in [6.07, 6.45) is 5.74. The van der Waals surface area contributed by atoms with Crippen molar-refractivity contribution >= 4 is 5.91 Å². The Kier molecular flexibility index (Phi) is 5.38. The number of carbonyl (C=O) groups is 1. The number of piperidine rings is 1. The smallest absolute Gasteiger partial charge is 0.270 e. The summed E-state index contributed by atoms with van der Waals surface area (Å²) in [6, 6.07) is 4.16. The van der Waals surface area contributed by atoms with E-state index in [9.17, 15) is 4.79 Å². The third-order valence-corrected chi connectivity index (χ3v) is 3.71. The van der Waals surface area contributed by atoms with Crippen molar-refractivity contribution in [3.8, 4) is 0 Å². The van der Waals surface area contributed by atoms with E-state index in [4.69, 9.17) is 5.11 Å². The van der Waals surface area contributed by atoms with Gasteiger partial charge in [0.15, 0.2) is 0 Å². The van der Waals surface area contributed by atoms with Gasteiger partial charge in [0, 0.05) is 25.3 Å². The van der Waals surface area contributed by atoms with Gasteiger partial charge in [-0.15, -0.1) is 6.58 Å². The van der Waals surface area contributed by atoms with E-state index in [1.165, 1.54) is 0 Å². The fourth-order valence-corrected chi connectivity index (χ4v) is 2.69. The summed E-state index contributed by atoms with van der Waals surface area (Å²) < 4.78 is 2.08. The van der Waals surface area contributed by atoms with Crippen molar-refractivity contribution in [2.45, 2.75) is 18.9 Å². The van der Waals surface area contributed by atoms with Crippen LogP contribution in [0.5, 0.6) is 0 Å². The highest BCUT2D eigenvalue weighted by atomic mass is 16.3. The van der Waals surface area contributed by atoms with E-state index >= 15 is 0 Å². The molecular formula is C15H23N3O2. The zero-order chi connectivity index (χ0) is 14.4. The van der Waals surface area contributed by atoms with Crippen molar-refractivity contribution in [1.82, 2.24) is 14.8 Å². The summed E-state index contributed by atoms with van der Waals surface area (Å²) in [6.45, 7) is 6.40. The minimum atomic E-state index is -0.0394. The molecule has 1 aromatic heterocycles. The lowest BCUT2D eigenvalue weighted by Gasteiger charge is -2.27. The van der Waals surface area contributed by atoms with Crippen LogP contribution >= 0.6 is 0 Å². The molecule has 2 N–H and O–H groups in total. The maximum absolute atomic E-state index is 12.6. The number of amides is 1. The van der Waals surface area contributed by atoms with Crippen LogP contribution in [0.25, 0.3) is 0 Å². The summed E-state index contributed by atoms with van der Waals surface area (Å²) in [5, 5.41) is 12.4. The molecule has 0 unspecified atom stereocenters. The predicted molar refractivity (Wildman–Crippen MR) is 78.8 cm³/mol. The van der Waals surface area contributed by atoms with Crippen molar-refractivity contribution in [3.63, 3.8) is 0 Å². The molecule has 0 spiro atoms. The van der Waals surface area contributed by atoms with E-state index in [0.717, 1.165) is 25.9 Å². The van der Waals surface area contributed by atoms with Crippen molar-refractivity contribution < 1.29 is 9.90 Å². The molecule has 5 nitrogen and oxygen atoms in total. The maximum atomic E-state index is 12.6. The third-order valence-electron chi connectivity index (χ3n) is 3.71. The molecule has 0 aliphatic carbocycles. The Morgan fingerprint density at radius 3 is 2.95 bits per heavy atom. The number of nitrogens with zero attached hydrogens (tertiary/aromatic N) is 2. The number of aliphatic hydroxyl groups is 1. The summed E-state index contributed by atoms with van der Waals surface area (Å²) >= 11 is 0. The lowest BCUT2D eigenvalue weighted by atomic mass is 10.1. The molecule has 20 heavy (non-hydrogen) atoms. The Morgan fingerprint density at radius 1 is 1.55 bits per heavy atom. The minimum Gasteiger partial charge on any atom is -0.395 e. The van der Waals surface area contributed by atoms with E-state index in [2.05, 4.69) is 16.5 Å². The quantitative estimate of drug-likeness (QED) is 0.764. The summed E-state index contributed by atoms with van der Waals surface area (Å²) in [4.78, 5) is 14.2. The average Bonchev–Trinajstić information content (AvgIpc) is 2.96. The normalized spacial score (nSPS) is 16.1. The van der Waals surface area contributed by atoms with Gasteiger partial charge >= 0.3 is 0 Å². The highest BCUT2D eigenvalue weighted by Crippen LogP contribution is 2.22. The minimum absolute atomic E-state index is 0.0341. The first-order chi connectivity index (χ1) is 9.77. The van der Waals surface area contributed by atoms with Crippen LogP contribution in [0.4, 0.5) is 0 Å². The number of carbonyl (C=O) groups excluding carboxylic acids is 1. The molecule has 0 radical (unpaired) electrons. The molecular weight excluding hydrogens is 254 g/mol. The van der Waals surface area contributed by atoms with Gasteiger partial charge in [0.05, 0.1) is 6.61 Å². The molecule has 1 saturated heterocycles.